The Labute approximate surface area is 125 Å². The van der Waals surface area contributed by atoms with Crippen molar-refractivity contribution in [3.05, 3.63) is 23.9 Å². The molecule has 4 nitrogen and oxygen atoms in total. The van der Waals surface area contributed by atoms with E-state index in [-0.39, 0.29) is 17.5 Å². The highest BCUT2D eigenvalue weighted by atomic mass is 32.2. The maximum atomic E-state index is 12.4. The average molecular weight is 340 g/mol. The number of halogens is 3. The first-order valence-electron chi connectivity index (χ1n) is 6.36. The van der Waals surface area contributed by atoms with Crippen LogP contribution in [-0.4, -0.2) is 43.2 Å². The lowest BCUT2D eigenvalue weighted by Crippen LogP contribution is -2.31. The number of rotatable bonds is 5. The summed E-state index contributed by atoms with van der Waals surface area (Å²) in [7, 11) is -2.89. The van der Waals surface area contributed by atoms with Crippen molar-refractivity contribution in [3.8, 4) is 0 Å². The molecule has 0 radical (unpaired) electrons. The van der Waals surface area contributed by atoms with Crippen molar-refractivity contribution in [2.24, 2.45) is 0 Å². The number of sulfone groups is 1. The monoisotopic (exact) mass is 340 g/mol. The van der Waals surface area contributed by atoms with Crippen molar-refractivity contribution >= 4 is 21.6 Å². The number of hydrogen-bond acceptors (Lipinski definition) is 5. The molecule has 1 aromatic rings. The van der Waals surface area contributed by atoms with Crippen LogP contribution in [0.3, 0.4) is 0 Å². The smallest absolute Gasteiger partial charge is 0.312 e. The summed E-state index contributed by atoms with van der Waals surface area (Å²) in [4.78, 5) is 3.76. The molecule has 0 aliphatic carbocycles. The fourth-order valence-corrected chi connectivity index (χ4v) is 4.44. The Balaban J connectivity index is 1.72. The number of alkyl halides is 3. The van der Waals surface area contributed by atoms with Gasteiger partial charge in [-0.2, -0.15) is 13.2 Å². The quantitative estimate of drug-likeness (QED) is 0.656. The number of aromatic nitrogens is 1. The van der Waals surface area contributed by atoms with Crippen LogP contribution in [0.25, 0.3) is 0 Å². The average Bonchev–Trinajstić information content (AvgIpc) is 2.74. The van der Waals surface area contributed by atoms with Gasteiger partial charge < -0.3 is 5.32 Å². The van der Waals surface area contributed by atoms with Gasteiger partial charge in [0, 0.05) is 24.5 Å². The third-order valence-electron chi connectivity index (χ3n) is 3.08. The minimum atomic E-state index is -4.37. The fraction of sp³-hybridized carbons (Fsp3) is 0.583. The summed E-state index contributed by atoms with van der Waals surface area (Å²) in [6.45, 7) is 0.591. The molecule has 2 heterocycles. The Morgan fingerprint density at radius 3 is 2.67 bits per heavy atom. The molecule has 2 rings (SSSR count). The number of thioether (sulfide) groups is 1. The first-order chi connectivity index (χ1) is 9.76. The first kappa shape index (κ1) is 16.6. The van der Waals surface area contributed by atoms with E-state index in [9.17, 15) is 21.6 Å². The zero-order chi connectivity index (χ0) is 15.5. The highest BCUT2D eigenvalue weighted by Gasteiger charge is 2.30. The molecular weight excluding hydrogens is 325 g/mol. The molecule has 0 saturated carbocycles. The van der Waals surface area contributed by atoms with Crippen LogP contribution in [0.1, 0.15) is 12.0 Å². The largest absolute Gasteiger partial charge is 0.417 e. The van der Waals surface area contributed by atoms with Crippen LogP contribution in [-0.2, 0) is 16.0 Å². The second kappa shape index (κ2) is 6.53. The van der Waals surface area contributed by atoms with Crippen molar-refractivity contribution < 1.29 is 21.6 Å². The van der Waals surface area contributed by atoms with Gasteiger partial charge in [-0.25, -0.2) is 13.4 Å². The van der Waals surface area contributed by atoms with E-state index in [0.717, 1.165) is 12.3 Å². The van der Waals surface area contributed by atoms with Gasteiger partial charge in [0.05, 0.1) is 22.1 Å². The van der Waals surface area contributed by atoms with E-state index >= 15 is 0 Å². The Hall–Kier alpha value is -0.800. The molecule has 1 atom stereocenters. The second-order valence-electron chi connectivity index (χ2n) is 4.79. The third kappa shape index (κ3) is 5.15. The molecule has 1 aromatic heterocycles. The molecule has 1 unspecified atom stereocenters. The van der Waals surface area contributed by atoms with Crippen LogP contribution < -0.4 is 5.32 Å². The van der Waals surface area contributed by atoms with Gasteiger partial charge in [0.1, 0.15) is 0 Å². The van der Waals surface area contributed by atoms with E-state index < -0.39 is 21.6 Å². The molecule has 21 heavy (non-hydrogen) atoms. The normalized spacial score (nSPS) is 21.6. The zero-order valence-electron chi connectivity index (χ0n) is 11.1. The van der Waals surface area contributed by atoms with E-state index in [2.05, 4.69) is 10.3 Å². The SMILES string of the molecule is O=S1(=O)CCC(NCCSc2ccc(C(F)(F)F)cn2)C1. The summed E-state index contributed by atoms with van der Waals surface area (Å²) in [6, 6.07) is 2.33. The molecule has 9 heteroatoms. The third-order valence-corrected chi connectivity index (χ3v) is 5.79. The summed E-state index contributed by atoms with van der Waals surface area (Å²) in [5, 5.41) is 3.65. The van der Waals surface area contributed by atoms with Crippen LogP contribution >= 0.6 is 11.8 Å². The van der Waals surface area contributed by atoms with Gasteiger partial charge >= 0.3 is 6.18 Å². The Bertz CT molecular complexity index is 573. The van der Waals surface area contributed by atoms with Gasteiger partial charge in [0.25, 0.3) is 0 Å². The highest BCUT2D eigenvalue weighted by molar-refractivity contribution is 7.99. The number of nitrogens with one attached hydrogen (secondary N) is 1. The molecule has 1 aliphatic rings. The zero-order valence-corrected chi connectivity index (χ0v) is 12.7. The summed E-state index contributed by atoms with van der Waals surface area (Å²) >= 11 is 1.33. The number of pyridine rings is 1. The van der Waals surface area contributed by atoms with Gasteiger partial charge in [0.15, 0.2) is 9.84 Å². The molecule has 1 aliphatic heterocycles. The van der Waals surface area contributed by atoms with Gasteiger partial charge in [-0.05, 0) is 18.6 Å². The van der Waals surface area contributed by atoms with Crippen LogP contribution in [0.4, 0.5) is 13.2 Å². The number of hydrogen-bond donors (Lipinski definition) is 1. The van der Waals surface area contributed by atoms with Gasteiger partial charge in [-0.1, -0.05) is 0 Å². The van der Waals surface area contributed by atoms with Crippen molar-refractivity contribution in [1.29, 1.82) is 0 Å². The minimum absolute atomic E-state index is 0.0174. The molecule has 0 bridgehead atoms. The molecule has 118 valence electrons. The predicted molar refractivity (Wildman–Crippen MR) is 75.0 cm³/mol. The molecule has 1 fully saturated rings. The molecular formula is C12H15F3N2O2S2. The van der Waals surface area contributed by atoms with Crippen LogP contribution in [0.15, 0.2) is 23.4 Å². The van der Waals surface area contributed by atoms with Crippen LogP contribution in [0.2, 0.25) is 0 Å². The van der Waals surface area contributed by atoms with Crippen molar-refractivity contribution in [3.63, 3.8) is 0 Å². The van der Waals surface area contributed by atoms with Gasteiger partial charge in [-0.3, -0.25) is 0 Å². The van der Waals surface area contributed by atoms with Gasteiger partial charge in [0.2, 0.25) is 0 Å². The molecule has 1 saturated heterocycles. The van der Waals surface area contributed by atoms with Crippen LogP contribution in [0.5, 0.6) is 0 Å². The summed E-state index contributed by atoms with van der Waals surface area (Å²) in [5.41, 5.74) is -0.763. The maximum Gasteiger partial charge on any atom is 0.417 e. The number of nitrogens with zero attached hydrogens (tertiary/aromatic N) is 1. The summed E-state index contributed by atoms with van der Waals surface area (Å²) in [6.07, 6.45) is -2.93. The molecule has 0 aromatic carbocycles. The van der Waals surface area contributed by atoms with E-state index in [1.165, 1.54) is 17.8 Å². The van der Waals surface area contributed by atoms with Crippen molar-refractivity contribution in [1.82, 2.24) is 10.3 Å². The lowest BCUT2D eigenvalue weighted by molar-refractivity contribution is -0.137. The van der Waals surface area contributed by atoms with E-state index in [1.807, 2.05) is 0 Å². The molecule has 0 amide bonds. The topological polar surface area (TPSA) is 59.1 Å². The Morgan fingerprint density at radius 1 is 1.38 bits per heavy atom. The maximum absolute atomic E-state index is 12.4. The second-order valence-corrected chi connectivity index (χ2v) is 8.13. The van der Waals surface area contributed by atoms with E-state index in [1.54, 1.807) is 0 Å². The summed E-state index contributed by atoms with van der Waals surface area (Å²) < 4.78 is 59.6. The minimum Gasteiger partial charge on any atom is -0.312 e. The van der Waals surface area contributed by atoms with Crippen molar-refractivity contribution in [2.75, 3.05) is 23.8 Å². The fourth-order valence-electron chi connectivity index (χ4n) is 2.01. The first-order valence-corrected chi connectivity index (χ1v) is 9.17. The van der Waals surface area contributed by atoms with E-state index in [4.69, 9.17) is 0 Å². The van der Waals surface area contributed by atoms with E-state index in [0.29, 0.717) is 23.7 Å². The lowest BCUT2D eigenvalue weighted by Gasteiger charge is -2.10. The standard InChI is InChI=1S/C12H15F3N2O2S2/c13-12(14,15)9-1-2-11(17-7-9)20-5-4-16-10-3-6-21(18,19)8-10/h1-2,7,10,16H,3-6,8H2. The van der Waals surface area contributed by atoms with Gasteiger partial charge in [-0.15, -0.1) is 11.8 Å². The lowest BCUT2D eigenvalue weighted by atomic mass is 10.3. The Morgan fingerprint density at radius 2 is 2.14 bits per heavy atom. The predicted octanol–water partition coefficient (Wildman–Crippen LogP) is 1.97. The molecule has 1 N–H and O–H groups in total. The van der Waals surface area contributed by atoms with Crippen molar-refractivity contribution in [2.45, 2.75) is 23.7 Å². The Kier molecular flexibility index (Phi) is 5.15. The molecule has 0 spiro atoms. The summed E-state index contributed by atoms with van der Waals surface area (Å²) in [5.74, 6) is 1.00. The van der Waals surface area contributed by atoms with Crippen LogP contribution in [0, 0.1) is 0 Å². The highest BCUT2D eigenvalue weighted by Crippen LogP contribution is 2.29.